The quantitative estimate of drug-likeness (QED) is 0.581. The van der Waals surface area contributed by atoms with E-state index in [-0.39, 0.29) is 12.5 Å². The SMILES string of the molecule is CCOC(=O)c1nc2cc(C=O)ccc2o1. The van der Waals surface area contributed by atoms with Crippen LogP contribution in [-0.4, -0.2) is 23.8 Å². The lowest BCUT2D eigenvalue weighted by Crippen LogP contribution is -2.04. The lowest BCUT2D eigenvalue weighted by molar-refractivity contribution is 0.0483. The number of benzene rings is 1. The van der Waals surface area contributed by atoms with Gasteiger partial charge in [-0.2, -0.15) is 0 Å². The number of fused-ring (bicyclic) bond motifs is 1. The van der Waals surface area contributed by atoms with Crippen LogP contribution in [0.1, 0.15) is 28.0 Å². The van der Waals surface area contributed by atoms with Crippen molar-refractivity contribution in [2.75, 3.05) is 6.61 Å². The molecule has 2 aromatic rings. The van der Waals surface area contributed by atoms with Crippen molar-refractivity contribution in [1.29, 1.82) is 0 Å². The van der Waals surface area contributed by atoms with Gasteiger partial charge in [0.2, 0.25) is 0 Å². The second kappa shape index (κ2) is 4.14. The van der Waals surface area contributed by atoms with Gasteiger partial charge < -0.3 is 9.15 Å². The number of carbonyl (C=O) groups is 2. The Balaban J connectivity index is 2.43. The highest BCUT2D eigenvalue weighted by Crippen LogP contribution is 2.17. The van der Waals surface area contributed by atoms with Crippen molar-refractivity contribution in [3.63, 3.8) is 0 Å². The largest absolute Gasteiger partial charge is 0.459 e. The van der Waals surface area contributed by atoms with E-state index < -0.39 is 5.97 Å². The van der Waals surface area contributed by atoms with E-state index in [0.717, 1.165) is 0 Å². The molecule has 0 aliphatic rings. The number of hydrogen-bond donors (Lipinski definition) is 0. The average Bonchev–Trinajstić information content (AvgIpc) is 2.71. The number of nitrogens with zero attached hydrogens (tertiary/aromatic N) is 1. The molecule has 2 rings (SSSR count). The van der Waals surface area contributed by atoms with Crippen LogP contribution in [0.4, 0.5) is 0 Å². The number of rotatable bonds is 3. The van der Waals surface area contributed by atoms with Gasteiger partial charge in [-0.25, -0.2) is 9.78 Å². The highest BCUT2D eigenvalue weighted by Gasteiger charge is 2.15. The highest BCUT2D eigenvalue weighted by atomic mass is 16.5. The Morgan fingerprint density at radius 1 is 1.56 bits per heavy atom. The summed E-state index contributed by atoms with van der Waals surface area (Å²) in [5.41, 5.74) is 1.40. The zero-order valence-electron chi connectivity index (χ0n) is 8.60. The molecule has 0 aliphatic carbocycles. The van der Waals surface area contributed by atoms with Gasteiger partial charge in [0.15, 0.2) is 5.58 Å². The molecule has 1 aromatic heterocycles. The number of ether oxygens (including phenoxy) is 1. The third kappa shape index (κ3) is 1.79. The van der Waals surface area contributed by atoms with Gasteiger partial charge >= 0.3 is 11.9 Å². The van der Waals surface area contributed by atoms with E-state index in [0.29, 0.717) is 22.9 Å². The van der Waals surface area contributed by atoms with Gasteiger partial charge in [0, 0.05) is 5.56 Å². The first-order valence-corrected chi connectivity index (χ1v) is 4.77. The molecule has 0 atom stereocenters. The van der Waals surface area contributed by atoms with E-state index >= 15 is 0 Å². The van der Waals surface area contributed by atoms with Crippen LogP contribution in [0.15, 0.2) is 22.6 Å². The minimum absolute atomic E-state index is 0.0973. The fourth-order valence-electron chi connectivity index (χ4n) is 1.30. The van der Waals surface area contributed by atoms with Crippen molar-refractivity contribution in [1.82, 2.24) is 4.98 Å². The Bertz CT molecular complexity index is 544. The fourth-order valence-corrected chi connectivity index (χ4v) is 1.30. The van der Waals surface area contributed by atoms with Crippen LogP contribution in [0.25, 0.3) is 11.1 Å². The van der Waals surface area contributed by atoms with Crippen molar-refractivity contribution in [3.8, 4) is 0 Å². The number of hydrogen-bond acceptors (Lipinski definition) is 5. The smallest absolute Gasteiger partial charge is 0.394 e. The zero-order chi connectivity index (χ0) is 11.5. The summed E-state index contributed by atoms with van der Waals surface area (Å²) in [5, 5.41) is 0. The van der Waals surface area contributed by atoms with Crippen molar-refractivity contribution in [3.05, 3.63) is 29.7 Å². The maximum Gasteiger partial charge on any atom is 0.394 e. The first kappa shape index (κ1) is 10.4. The molecule has 0 spiro atoms. The molecule has 0 unspecified atom stereocenters. The van der Waals surface area contributed by atoms with E-state index in [1.165, 1.54) is 0 Å². The molecule has 5 nitrogen and oxygen atoms in total. The van der Waals surface area contributed by atoms with E-state index in [1.54, 1.807) is 25.1 Å². The topological polar surface area (TPSA) is 69.4 Å². The monoisotopic (exact) mass is 219 g/mol. The molecule has 5 heteroatoms. The predicted octanol–water partition coefficient (Wildman–Crippen LogP) is 1.82. The number of aldehydes is 1. The molecular weight excluding hydrogens is 210 g/mol. The molecule has 0 saturated carbocycles. The molecular formula is C11H9NO4. The van der Waals surface area contributed by atoms with Crippen LogP contribution in [-0.2, 0) is 4.74 Å². The Kier molecular flexibility index (Phi) is 2.68. The van der Waals surface area contributed by atoms with E-state index in [4.69, 9.17) is 9.15 Å². The second-order valence-electron chi connectivity index (χ2n) is 3.08. The molecule has 0 radical (unpaired) electrons. The van der Waals surface area contributed by atoms with Crippen molar-refractivity contribution in [2.45, 2.75) is 6.92 Å². The van der Waals surface area contributed by atoms with Gasteiger partial charge in [-0.3, -0.25) is 4.79 Å². The molecule has 1 aromatic carbocycles. The molecule has 0 bridgehead atoms. The van der Waals surface area contributed by atoms with Crippen LogP contribution < -0.4 is 0 Å². The van der Waals surface area contributed by atoms with Gasteiger partial charge in [-0.15, -0.1) is 0 Å². The molecule has 1 heterocycles. The van der Waals surface area contributed by atoms with Gasteiger partial charge in [0.1, 0.15) is 11.8 Å². The van der Waals surface area contributed by atoms with E-state index in [2.05, 4.69) is 4.98 Å². The summed E-state index contributed by atoms with van der Waals surface area (Å²) < 4.78 is 9.93. The highest BCUT2D eigenvalue weighted by molar-refractivity contribution is 5.90. The molecule has 82 valence electrons. The number of carbonyl (C=O) groups excluding carboxylic acids is 2. The summed E-state index contributed by atoms with van der Waals surface area (Å²) in [6.07, 6.45) is 0.707. The Labute approximate surface area is 91.0 Å². The molecule has 0 fully saturated rings. The van der Waals surface area contributed by atoms with Crippen LogP contribution >= 0.6 is 0 Å². The lowest BCUT2D eigenvalue weighted by Gasteiger charge is -1.94. The van der Waals surface area contributed by atoms with Crippen LogP contribution in [0.2, 0.25) is 0 Å². The lowest BCUT2D eigenvalue weighted by atomic mass is 10.2. The van der Waals surface area contributed by atoms with Gasteiger partial charge in [0.05, 0.1) is 6.61 Å². The van der Waals surface area contributed by atoms with Gasteiger partial charge in [0.25, 0.3) is 0 Å². The van der Waals surface area contributed by atoms with E-state index in [1.807, 2.05) is 0 Å². The summed E-state index contributed by atoms with van der Waals surface area (Å²) in [4.78, 5) is 25.8. The molecule has 0 amide bonds. The van der Waals surface area contributed by atoms with Crippen LogP contribution in [0.5, 0.6) is 0 Å². The second-order valence-corrected chi connectivity index (χ2v) is 3.08. The van der Waals surface area contributed by atoms with Crippen molar-refractivity contribution < 1.29 is 18.7 Å². The number of oxazole rings is 1. The maximum absolute atomic E-state index is 11.3. The average molecular weight is 219 g/mol. The number of aromatic nitrogens is 1. The standard InChI is InChI=1S/C11H9NO4/c1-2-15-11(14)10-12-8-5-7(6-13)3-4-9(8)16-10/h3-6H,2H2,1H3. The minimum atomic E-state index is -0.605. The maximum atomic E-state index is 11.3. The summed E-state index contributed by atoms with van der Waals surface area (Å²) >= 11 is 0. The normalized spacial score (nSPS) is 10.3. The van der Waals surface area contributed by atoms with E-state index in [9.17, 15) is 9.59 Å². The van der Waals surface area contributed by atoms with Crippen molar-refractivity contribution >= 4 is 23.4 Å². The third-order valence-corrected chi connectivity index (χ3v) is 2.00. The summed E-state index contributed by atoms with van der Waals surface area (Å²) in [5.74, 6) is -0.703. The van der Waals surface area contributed by atoms with Crippen molar-refractivity contribution in [2.24, 2.45) is 0 Å². The fraction of sp³-hybridized carbons (Fsp3) is 0.182. The molecule has 16 heavy (non-hydrogen) atoms. The van der Waals surface area contributed by atoms with Gasteiger partial charge in [-0.1, -0.05) is 0 Å². The first-order chi connectivity index (χ1) is 7.74. The third-order valence-electron chi connectivity index (χ3n) is 2.00. The molecule has 0 saturated heterocycles. The Hall–Kier alpha value is -2.17. The Morgan fingerprint density at radius 2 is 2.38 bits per heavy atom. The van der Waals surface area contributed by atoms with Crippen LogP contribution in [0, 0.1) is 0 Å². The summed E-state index contributed by atoms with van der Waals surface area (Å²) in [6, 6.07) is 4.73. The predicted molar refractivity (Wildman–Crippen MR) is 55.4 cm³/mol. The zero-order valence-corrected chi connectivity index (χ0v) is 8.60. The Morgan fingerprint density at radius 3 is 3.06 bits per heavy atom. The van der Waals surface area contributed by atoms with Gasteiger partial charge in [-0.05, 0) is 25.1 Å². The van der Waals surface area contributed by atoms with Crippen LogP contribution in [0.3, 0.4) is 0 Å². The first-order valence-electron chi connectivity index (χ1n) is 4.77. The summed E-state index contributed by atoms with van der Waals surface area (Å²) in [7, 11) is 0. The molecule has 0 N–H and O–H groups in total. The minimum Gasteiger partial charge on any atom is -0.459 e. The number of esters is 1. The molecule has 0 aliphatic heterocycles. The summed E-state index contributed by atoms with van der Waals surface area (Å²) in [6.45, 7) is 1.96.